The van der Waals surface area contributed by atoms with Crippen LogP contribution in [0.15, 0.2) is 48.5 Å². The number of aryl methyl sites for hydroxylation is 1. The number of hydrogen-bond acceptors (Lipinski definition) is 2. The van der Waals surface area contributed by atoms with E-state index in [9.17, 15) is 13.2 Å². The molecule has 2 nitrogen and oxygen atoms in total. The van der Waals surface area contributed by atoms with Gasteiger partial charge in [0.1, 0.15) is 5.75 Å². The van der Waals surface area contributed by atoms with Crippen LogP contribution in [-0.2, 0) is 6.54 Å². The second kappa shape index (κ2) is 6.52. The average molecular weight is 295 g/mol. The van der Waals surface area contributed by atoms with Gasteiger partial charge in [0.15, 0.2) is 6.61 Å². The zero-order valence-electron chi connectivity index (χ0n) is 11.6. The highest BCUT2D eigenvalue weighted by Gasteiger charge is 2.28. The normalized spacial score (nSPS) is 11.2. The summed E-state index contributed by atoms with van der Waals surface area (Å²) in [6.45, 7) is 1.22. The zero-order valence-corrected chi connectivity index (χ0v) is 11.6. The van der Waals surface area contributed by atoms with Crippen molar-refractivity contribution < 1.29 is 17.9 Å². The maximum atomic E-state index is 12.2. The van der Waals surface area contributed by atoms with E-state index in [1.165, 1.54) is 6.07 Å². The number of benzene rings is 2. The highest BCUT2D eigenvalue weighted by atomic mass is 19.4. The number of halogens is 3. The molecule has 0 amide bonds. The van der Waals surface area contributed by atoms with E-state index in [4.69, 9.17) is 4.74 Å². The summed E-state index contributed by atoms with van der Waals surface area (Å²) in [5, 5.41) is 3.11. The number of anilines is 1. The number of hydrogen-bond donors (Lipinski definition) is 1. The van der Waals surface area contributed by atoms with Gasteiger partial charge in [0, 0.05) is 6.54 Å². The Kier molecular flexibility index (Phi) is 4.73. The van der Waals surface area contributed by atoms with Gasteiger partial charge in [0.2, 0.25) is 0 Å². The fourth-order valence-electron chi connectivity index (χ4n) is 1.90. The van der Waals surface area contributed by atoms with Crippen molar-refractivity contribution in [1.29, 1.82) is 0 Å². The number of alkyl halides is 3. The van der Waals surface area contributed by atoms with Crippen molar-refractivity contribution in [2.24, 2.45) is 0 Å². The summed E-state index contributed by atoms with van der Waals surface area (Å²) >= 11 is 0. The van der Waals surface area contributed by atoms with Crippen LogP contribution in [-0.4, -0.2) is 12.8 Å². The number of rotatable bonds is 5. The molecule has 0 heterocycles. The zero-order chi connectivity index (χ0) is 15.3. The summed E-state index contributed by atoms with van der Waals surface area (Å²) in [6, 6.07) is 14.4. The molecule has 0 radical (unpaired) electrons. The molecule has 0 saturated heterocycles. The van der Waals surface area contributed by atoms with Gasteiger partial charge < -0.3 is 10.1 Å². The van der Waals surface area contributed by atoms with Gasteiger partial charge in [-0.15, -0.1) is 0 Å². The molecule has 21 heavy (non-hydrogen) atoms. The van der Waals surface area contributed by atoms with E-state index in [1.54, 1.807) is 18.2 Å². The molecule has 2 aromatic rings. The predicted octanol–water partition coefficient (Wildman–Crippen LogP) is 4.55. The van der Waals surface area contributed by atoms with Crippen LogP contribution in [0.4, 0.5) is 18.9 Å². The number of nitrogens with one attached hydrogen (secondary N) is 1. The second-order valence-electron chi connectivity index (χ2n) is 4.68. The quantitative estimate of drug-likeness (QED) is 0.874. The minimum absolute atomic E-state index is 0.198. The maximum Gasteiger partial charge on any atom is 0.422 e. The Balaban J connectivity index is 2.05. The van der Waals surface area contributed by atoms with E-state index in [-0.39, 0.29) is 5.75 Å². The molecule has 0 saturated carbocycles. The van der Waals surface area contributed by atoms with Crippen LogP contribution in [0.2, 0.25) is 0 Å². The van der Waals surface area contributed by atoms with Crippen LogP contribution in [0.3, 0.4) is 0 Å². The fourth-order valence-corrected chi connectivity index (χ4v) is 1.90. The standard InChI is InChI=1S/C16H16F3NO/c1-12-6-2-3-7-13(12)10-20-14-8-4-5-9-15(14)21-11-16(17,18)19/h2-9,20H,10-11H2,1H3. The summed E-state index contributed by atoms with van der Waals surface area (Å²) in [5.74, 6) is 0.198. The van der Waals surface area contributed by atoms with Gasteiger partial charge in [-0.05, 0) is 30.2 Å². The summed E-state index contributed by atoms with van der Waals surface area (Å²) in [7, 11) is 0. The highest BCUT2D eigenvalue weighted by Crippen LogP contribution is 2.27. The van der Waals surface area contributed by atoms with E-state index >= 15 is 0 Å². The molecule has 2 aromatic carbocycles. The topological polar surface area (TPSA) is 21.3 Å². The first-order chi connectivity index (χ1) is 9.96. The van der Waals surface area contributed by atoms with E-state index in [2.05, 4.69) is 5.32 Å². The Hall–Kier alpha value is -2.17. The lowest BCUT2D eigenvalue weighted by Gasteiger charge is -2.15. The molecule has 2 rings (SSSR count). The average Bonchev–Trinajstić information content (AvgIpc) is 2.44. The lowest BCUT2D eigenvalue weighted by Crippen LogP contribution is -2.19. The van der Waals surface area contributed by atoms with Crippen LogP contribution in [0.25, 0.3) is 0 Å². The summed E-state index contributed by atoms with van der Waals surface area (Å²) in [4.78, 5) is 0. The van der Waals surface area contributed by atoms with Crippen molar-refractivity contribution in [3.05, 3.63) is 59.7 Å². The summed E-state index contributed by atoms with van der Waals surface area (Å²) in [6.07, 6.45) is -4.34. The lowest BCUT2D eigenvalue weighted by molar-refractivity contribution is -0.153. The van der Waals surface area contributed by atoms with E-state index in [0.29, 0.717) is 12.2 Å². The van der Waals surface area contributed by atoms with Crippen molar-refractivity contribution in [3.8, 4) is 5.75 Å². The molecule has 112 valence electrons. The third kappa shape index (κ3) is 4.70. The van der Waals surface area contributed by atoms with Crippen LogP contribution < -0.4 is 10.1 Å². The highest BCUT2D eigenvalue weighted by molar-refractivity contribution is 5.56. The van der Waals surface area contributed by atoms with Crippen LogP contribution >= 0.6 is 0 Å². The van der Waals surface area contributed by atoms with Crippen molar-refractivity contribution in [2.75, 3.05) is 11.9 Å². The molecular weight excluding hydrogens is 279 g/mol. The monoisotopic (exact) mass is 295 g/mol. The molecule has 5 heteroatoms. The van der Waals surface area contributed by atoms with Gasteiger partial charge in [-0.25, -0.2) is 0 Å². The Morgan fingerprint density at radius 2 is 1.67 bits per heavy atom. The molecule has 0 aliphatic carbocycles. The van der Waals surface area contributed by atoms with Gasteiger partial charge in [-0.2, -0.15) is 13.2 Å². The molecular formula is C16H16F3NO. The smallest absolute Gasteiger partial charge is 0.422 e. The first-order valence-electron chi connectivity index (χ1n) is 6.53. The molecule has 0 aromatic heterocycles. The number of para-hydroxylation sites is 2. The van der Waals surface area contributed by atoms with Gasteiger partial charge in [0.05, 0.1) is 5.69 Å². The SMILES string of the molecule is Cc1ccccc1CNc1ccccc1OCC(F)(F)F. The van der Waals surface area contributed by atoms with Crippen LogP contribution in [0.5, 0.6) is 5.75 Å². The van der Waals surface area contributed by atoms with Gasteiger partial charge in [-0.3, -0.25) is 0 Å². The molecule has 0 bridgehead atoms. The molecule has 1 N–H and O–H groups in total. The minimum atomic E-state index is -4.34. The Bertz CT molecular complexity index is 596. The van der Waals surface area contributed by atoms with Crippen molar-refractivity contribution >= 4 is 5.69 Å². The third-order valence-electron chi connectivity index (χ3n) is 3.01. The Labute approximate surface area is 121 Å². The van der Waals surface area contributed by atoms with Crippen molar-refractivity contribution in [3.63, 3.8) is 0 Å². The molecule has 0 fully saturated rings. The van der Waals surface area contributed by atoms with E-state index in [1.807, 2.05) is 31.2 Å². The summed E-state index contributed by atoms with van der Waals surface area (Å²) < 4.78 is 41.5. The summed E-state index contributed by atoms with van der Waals surface area (Å²) in [5.41, 5.74) is 2.76. The first kappa shape index (κ1) is 15.2. The molecule has 0 aliphatic heterocycles. The van der Waals surface area contributed by atoms with Crippen molar-refractivity contribution in [2.45, 2.75) is 19.6 Å². The van der Waals surface area contributed by atoms with E-state index < -0.39 is 12.8 Å². The molecule has 0 aliphatic rings. The minimum Gasteiger partial charge on any atom is -0.482 e. The maximum absolute atomic E-state index is 12.2. The van der Waals surface area contributed by atoms with E-state index in [0.717, 1.165) is 11.1 Å². The van der Waals surface area contributed by atoms with Gasteiger partial charge in [-0.1, -0.05) is 36.4 Å². The fraction of sp³-hybridized carbons (Fsp3) is 0.250. The van der Waals surface area contributed by atoms with Gasteiger partial charge >= 0.3 is 6.18 Å². The third-order valence-corrected chi connectivity index (χ3v) is 3.01. The van der Waals surface area contributed by atoms with Gasteiger partial charge in [0.25, 0.3) is 0 Å². The lowest BCUT2D eigenvalue weighted by atomic mass is 10.1. The van der Waals surface area contributed by atoms with Crippen molar-refractivity contribution in [1.82, 2.24) is 0 Å². The van der Waals surface area contributed by atoms with Crippen LogP contribution in [0.1, 0.15) is 11.1 Å². The Morgan fingerprint density at radius 3 is 2.38 bits per heavy atom. The number of ether oxygens (including phenoxy) is 1. The Morgan fingerprint density at radius 1 is 1.00 bits per heavy atom. The predicted molar refractivity (Wildman–Crippen MR) is 76.5 cm³/mol. The van der Waals surface area contributed by atoms with Crippen LogP contribution in [0, 0.1) is 6.92 Å². The molecule has 0 atom stereocenters. The molecule has 0 spiro atoms. The second-order valence-corrected chi connectivity index (χ2v) is 4.68. The molecule has 0 unspecified atom stereocenters. The first-order valence-corrected chi connectivity index (χ1v) is 6.53. The largest absolute Gasteiger partial charge is 0.482 e.